The molecule has 10 nitrogen and oxygen atoms in total. The number of H-pyrrole nitrogens is 1. The average molecular weight is 513 g/mol. The van der Waals surface area contributed by atoms with E-state index >= 15 is 0 Å². The number of amides is 1. The molecule has 3 aromatic heterocycles. The number of aromatic amines is 1. The van der Waals surface area contributed by atoms with Crippen LogP contribution in [0.4, 0.5) is 11.5 Å². The van der Waals surface area contributed by atoms with Crippen molar-refractivity contribution in [2.45, 2.75) is 13.3 Å². The van der Waals surface area contributed by atoms with Gasteiger partial charge in [0, 0.05) is 35.7 Å². The SMILES string of the molecule is Cc1nc(-n2nc(-c3cccs3)cc2NC(=O)c2cccc([N+](=O)[O-])c2)[nH]c(=O)c1Cc1ccccc1. The molecule has 0 radical (unpaired) electrons. The largest absolute Gasteiger partial charge is 0.306 e. The molecule has 0 aliphatic rings. The van der Waals surface area contributed by atoms with Crippen molar-refractivity contribution >= 4 is 28.7 Å². The number of thiophene rings is 1. The van der Waals surface area contributed by atoms with Gasteiger partial charge in [-0.25, -0.2) is 4.98 Å². The summed E-state index contributed by atoms with van der Waals surface area (Å²) in [5, 5.41) is 20.4. The van der Waals surface area contributed by atoms with Gasteiger partial charge in [-0.1, -0.05) is 42.5 Å². The van der Waals surface area contributed by atoms with Gasteiger partial charge in [-0.15, -0.1) is 11.3 Å². The molecule has 3 heterocycles. The van der Waals surface area contributed by atoms with Crippen LogP contribution in [0.15, 0.2) is 83.0 Å². The van der Waals surface area contributed by atoms with Crippen molar-refractivity contribution in [3.8, 4) is 16.5 Å². The molecule has 0 atom stereocenters. The standard InChI is InChI=1S/C26H20N6O4S/c1-16-20(13-17-7-3-2-4-8-17)25(34)29-26(27-16)31-23(15-21(30-31)22-11-6-12-37-22)28-24(33)18-9-5-10-19(14-18)32(35)36/h2-12,14-15H,13H2,1H3,(H,28,33)(H,27,29,34). The monoisotopic (exact) mass is 512 g/mol. The van der Waals surface area contributed by atoms with Crippen LogP contribution < -0.4 is 10.9 Å². The van der Waals surface area contributed by atoms with Crippen molar-refractivity contribution in [2.24, 2.45) is 0 Å². The maximum atomic E-state index is 13.0. The van der Waals surface area contributed by atoms with Crippen molar-refractivity contribution in [3.63, 3.8) is 0 Å². The van der Waals surface area contributed by atoms with Gasteiger partial charge in [-0.2, -0.15) is 9.78 Å². The summed E-state index contributed by atoms with van der Waals surface area (Å²) in [6.45, 7) is 1.75. The van der Waals surface area contributed by atoms with Gasteiger partial charge in [-0.3, -0.25) is 24.7 Å². The molecule has 0 bridgehead atoms. The number of anilines is 1. The molecule has 0 saturated heterocycles. The number of nitrogens with one attached hydrogen (secondary N) is 2. The molecule has 2 aromatic carbocycles. The molecule has 5 aromatic rings. The van der Waals surface area contributed by atoms with E-state index in [1.807, 2.05) is 47.8 Å². The minimum absolute atomic E-state index is 0.107. The highest BCUT2D eigenvalue weighted by Crippen LogP contribution is 2.28. The number of nitrogens with zero attached hydrogens (tertiary/aromatic N) is 4. The van der Waals surface area contributed by atoms with E-state index in [9.17, 15) is 19.7 Å². The predicted molar refractivity (Wildman–Crippen MR) is 140 cm³/mol. The number of carbonyl (C=O) groups is 1. The van der Waals surface area contributed by atoms with E-state index in [1.165, 1.54) is 40.3 Å². The Kier molecular flexibility index (Phi) is 6.43. The van der Waals surface area contributed by atoms with E-state index in [1.54, 1.807) is 13.0 Å². The third kappa shape index (κ3) is 5.07. The number of aromatic nitrogens is 4. The van der Waals surface area contributed by atoms with Crippen LogP contribution in [0.2, 0.25) is 0 Å². The Morgan fingerprint density at radius 2 is 1.92 bits per heavy atom. The highest BCUT2D eigenvalue weighted by molar-refractivity contribution is 7.13. The summed E-state index contributed by atoms with van der Waals surface area (Å²) < 4.78 is 1.35. The van der Waals surface area contributed by atoms with Gasteiger partial charge >= 0.3 is 0 Å². The van der Waals surface area contributed by atoms with Crippen molar-refractivity contribution in [1.82, 2.24) is 19.7 Å². The Hall–Kier alpha value is -4.90. The number of hydrogen-bond donors (Lipinski definition) is 2. The van der Waals surface area contributed by atoms with Gasteiger partial charge in [0.05, 0.1) is 15.5 Å². The second kappa shape index (κ2) is 9.99. The zero-order valence-electron chi connectivity index (χ0n) is 19.5. The fourth-order valence-corrected chi connectivity index (χ4v) is 4.51. The Morgan fingerprint density at radius 1 is 1.11 bits per heavy atom. The van der Waals surface area contributed by atoms with Crippen LogP contribution in [-0.2, 0) is 6.42 Å². The molecule has 0 unspecified atom stereocenters. The van der Waals surface area contributed by atoms with Crippen LogP contribution in [0.5, 0.6) is 0 Å². The highest BCUT2D eigenvalue weighted by atomic mass is 32.1. The van der Waals surface area contributed by atoms with Gasteiger partial charge in [0.25, 0.3) is 17.2 Å². The van der Waals surface area contributed by atoms with Gasteiger partial charge in [0.15, 0.2) is 0 Å². The Labute approximate surface area is 214 Å². The number of nitro groups is 1. The number of benzene rings is 2. The maximum absolute atomic E-state index is 13.0. The molecule has 2 N–H and O–H groups in total. The zero-order chi connectivity index (χ0) is 25.9. The van der Waals surface area contributed by atoms with E-state index in [4.69, 9.17) is 0 Å². The van der Waals surface area contributed by atoms with E-state index < -0.39 is 10.8 Å². The summed E-state index contributed by atoms with van der Waals surface area (Å²) in [5.41, 5.74) is 2.21. The van der Waals surface area contributed by atoms with Crippen molar-refractivity contribution in [3.05, 3.63) is 121 Å². The molecule has 11 heteroatoms. The fraction of sp³-hybridized carbons (Fsp3) is 0.0769. The Bertz CT molecular complexity index is 1660. The molecule has 5 rings (SSSR count). The lowest BCUT2D eigenvalue weighted by Crippen LogP contribution is -2.22. The first-order valence-corrected chi connectivity index (χ1v) is 12.1. The number of hydrogen-bond acceptors (Lipinski definition) is 7. The van der Waals surface area contributed by atoms with E-state index in [0.717, 1.165) is 10.4 Å². The third-order valence-corrected chi connectivity index (χ3v) is 6.57. The maximum Gasteiger partial charge on any atom is 0.270 e. The van der Waals surface area contributed by atoms with Crippen LogP contribution in [-0.4, -0.2) is 30.6 Å². The van der Waals surface area contributed by atoms with Gasteiger partial charge < -0.3 is 5.32 Å². The second-order valence-corrected chi connectivity index (χ2v) is 9.13. The molecule has 184 valence electrons. The number of nitro benzene ring substituents is 1. The van der Waals surface area contributed by atoms with Crippen LogP contribution in [0.1, 0.15) is 27.2 Å². The lowest BCUT2D eigenvalue weighted by Gasteiger charge is -2.11. The summed E-state index contributed by atoms with van der Waals surface area (Å²) in [5.74, 6) is -0.183. The van der Waals surface area contributed by atoms with Crippen LogP contribution in [0, 0.1) is 17.0 Å². The summed E-state index contributed by atoms with van der Waals surface area (Å²) in [7, 11) is 0. The fourth-order valence-electron chi connectivity index (χ4n) is 3.83. The minimum Gasteiger partial charge on any atom is -0.306 e. The third-order valence-electron chi connectivity index (χ3n) is 5.68. The minimum atomic E-state index is -0.567. The van der Waals surface area contributed by atoms with Crippen LogP contribution >= 0.6 is 11.3 Å². The smallest absolute Gasteiger partial charge is 0.270 e. The normalized spacial score (nSPS) is 10.8. The predicted octanol–water partition coefficient (Wildman–Crippen LogP) is 4.74. The average Bonchev–Trinajstić information content (AvgIpc) is 3.57. The molecule has 0 spiro atoms. The van der Waals surface area contributed by atoms with E-state index in [-0.39, 0.29) is 28.6 Å². The first-order chi connectivity index (χ1) is 17.9. The quantitative estimate of drug-likeness (QED) is 0.239. The summed E-state index contributed by atoms with van der Waals surface area (Å²) in [6, 6.07) is 20.5. The van der Waals surface area contributed by atoms with Gasteiger partial charge in [0.1, 0.15) is 11.5 Å². The number of carbonyl (C=O) groups excluding carboxylic acids is 1. The summed E-state index contributed by atoms with van der Waals surface area (Å²) in [6.07, 6.45) is 0.422. The first-order valence-electron chi connectivity index (χ1n) is 11.2. The molecule has 0 aliphatic carbocycles. The molecule has 0 saturated carbocycles. The van der Waals surface area contributed by atoms with Crippen molar-refractivity contribution in [2.75, 3.05) is 5.32 Å². The topological polar surface area (TPSA) is 136 Å². The summed E-state index contributed by atoms with van der Waals surface area (Å²) in [4.78, 5) is 44.8. The molecular weight excluding hydrogens is 492 g/mol. The lowest BCUT2D eigenvalue weighted by molar-refractivity contribution is -0.384. The van der Waals surface area contributed by atoms with Crippen LogP contribution in [0.25, 0.3) is 16.5 Å². The molecule has 0 aliphatic heterocycles. The van der Waals surface area contributed by atoms with E-state index in [2.05, 4.69) is 20.4 Å². The zero-order valence-corrected chi connectivity index (χ0v) is 20.4. The molecule has 0 fully saturated rings. The summed E-state index contributed by atoms with van der Waals surface area (Å²) >= 11 is 1.47. The Balaban J connectivity index is 1.53. The molecule has 37 heavy (non-hydrogen) atoms. The first kappa shape index (κ1) is 23.8. The number of rotatable bonds is 7. The molecule has 1 amide bonds. The van der Waals surface area contributed by atoms with Gasteiger partial charge in [-0.05, 0) is 30.0 Å². The van der Waals surface area contributed by atoms with Crippen molar-refractivity contribution < 1.29 is 9.72 Å². The molecular formula is C26H20N6O4S. The lowest BCUT2D eigenvalue weighted by atomic mass is 10.1. The Morgan fingerprint density at radius 3 is 2.62 bits per heavy atom. The second-order valence-electron chi connectivity index (χ2n) is 8.18. The number of non-ortho nitro benzene ring substituents is 1. The van der Waals surface area contributed by atoms with E-state index in [0.29, 0.717) is 23.4 Å². The highest BCUT2D eigenvalue weighted by Gasteiger charge is 2.19. The van der Waals surface area contributed by atoms with Gasteiger partial charge in [0.2, 0.25) is 5.95 Å². The van der Waals surface area contributed by atoms with Crippen molar-refractivity contribution in [1.29, 1.82) is 0 Å². The van der Waals surface area contributed by atoms with Crippen LogP contribution in [0.3, 0.4) is 0 Å². The number of aryl methyl sites for hydroxylation is 1.